The van der Waals surface area contributed by atoms with E-state index in [0.717, 1.165) is 36.3 Å². The van der Waals surface area contributed by atoms with Gasteiger partial charge in [-0.2, -0.15) is 0 Å². The molecule has 1 N–H and O–H groups in total. The average Bonchev–Trinajstić information content (AvgIpc) is 2.91. The minimum absolute atomic E-state index is 0.000871. The largest absolute Gasteiger partial charge is 0.493 e. The van der Waals surface area contributed by atoms with Crippen molar-refractivity contribution in [3.05, 3.63) is 23.8 Å². The van der Waals surface area contributed by atoms with Crippen LogP contribution in [0.15, 0.2) is 18.2 Å². The lowest BCUT2D eigenvalue weighted by atomic mass is 10.1. The molecule has 0 aromatic heterocycles. The van der Waals surface area contributed by atoms with Crippen LogP contribution in [0.1, 0.15) is 38.2 Å². The van der Waals surface area contributed by atoms with E-state index in [9.17, 15) is 4.79 Å². The van der Waals surface area contributed by atoms with Crippen LogP contribution in [0.25, 0.3) is 0 Å². The molecule has 110 valence electrons. The number of hydrogen-bond acceptors (Lipinski definition) is 3. The standard InChI is InChI=1S/C16H23NO3/c1-12(18)17-10-9-13-7-8-15(19-2)16(11-13)20-14-5-3-4-6-14/h7-8,11,14H,3-6,9-10H2,1-2H3,(H,17,18). The van der Waals surface area contributed by atoms with Crippen molar-refractivity contribution >= 4 is 5.91 Å². The second-order valence-corrected chi connectivity index (χ2v) is 5.24. The number of nitrogens with one attached hydrogen (secondary N) is 1. The van der Waals surface area contributed by atoms with Gasteiger partial charge in [-0.1, -0.05) is 6.07 Å². The Balaban J connectivity index is 2.01. The molecule has 0 radical (unpaired) electrons. The highest BCUT2D eigenvalue weighted by Crippen LogP contribution is 2.32. The van der Waals surface area contributed by atoms with E-state index in [-0.39, 0.29) is 5.91 Å². The normalized spacial score (nSPS) is 15.1. The van der Waals surface area contributed by atoms with Crippen LogP contribution in [0.2, 0.25) is 0 Å². The summed E-state index contributed by atoms with van der Waals surface area (Å²) < 4.78 is 11.4. The van der Waals surface area contributed by atoms with Crippen LogP contribution < -0.4 is 14.8 Å². The number of carbonyl (C=O) groups is 1. The van der Waals surface area contributed by atoms with E-state index in [2.05, 4.69) is 5.32 Å². The molecule has 0 bridgehead atoms. The van der Waals surface area contributed by atoms with Gasteiger partial charge in [0.25, 0.3) is 0 Å². The monoisotopic (exact) mass is 277 g/mol. The van der Waals surface area contributed by atoms with Crippen LogP contribution in [-0.2, 0) is 11.2 Å². The molecule has 0 atom stereocenters. The van der Waals surface area contributed by atoms with Crippen LogP contribution >= 0.6 is 0 Å². The highest BCUT2D eigenvalue weighted by Gasteiger charge is 2.18. The molecule has 0 heterocycles. The maximum absolute atomic E-state index is 10.9. The topological polar surface area (TPSA) is 47.6 Å². The number of rotatable bonds is 6. The van der Waals surface area contributed by atoms with E-state index < -0.39 is 0 Å². The summed E-state index contributed by atoms with van der Waals surface area (Å²) in [6, 6.07) is 5.98. The first-order valence-electron chi connectivity index (χ1n) is 7.27. The summed E-state index contributed by atoms with van der Waals surface area (Å²) in [5.41, 5.74) is 1.15. The number of carbonyl (C=O) groups excluding carboxylic acids is 1. The Morgan fingerprint density at radius 3 is 2.70 bits per heavy atom. The summed E-state index contributed by atoms with van der Waals surface area (Å²) in [5, 5.41) is 2.80. The van der Waals surface area contributed by atoms with Crippen molar-refractivity contribution in [3.63, 3.8) is 0 Å². The molecular weight excluding hydrogens is 254 g/mol. The predicted octanol–water partition coefficient (Wildman–Crippen LogP) is 2.70. The number of benzene rings is 1. The van der Waals surface area contributed by atoms with Crippen molar-refractivity contribution in [1.82, 2.24) is 5.32 Å². The molecule has 0 saturated heterocycles. The lowest BCUT2D eigenvalue weighted by Crippen LogP contribution is -2.22. The van der Waals surface area contributed by atoms with Crippen LogP contribution in [0.4, 0.5) is 0 Å². The van der Waals surface area contributed by atoms with Crippen LogP contribution in [0.5, 0.6) is 11.5 Å². The fourth-order valence-corrected chi connectivity index (χ4v) is 2.54. The predicted molar refractivity (Wildman–Crippen MR) is 78.3 cm³/mol. The maximum Gasteiger partial charge on any atom is 0.216 e. The first-order valence-corrected chi connectivity index (χ1v) is 7.27. The van der Waals surface area contributed by atoms with E-state index in [1.165, 1.54) is 19.8 Å². The smallest absolute Gasteiger partial charge is 0.216 e. The van der Waals surface area contributed by atoms with Gasteiger partial charge < -0.3 is 14.8 Å². The van der Waals surface area contributed by atoms with Gasteiger partial charge in [0.2, 0.25) is 5.91 Å². The zero-order valence-electron chi connectivity index (χ0n) is 12.3. The fraction of sp³-hybridized carbons (Fsp3) is 0.562. The average molecular weight is 277 g/mol. The summed E-state index contributed by atoms with van der Waals surface area (Å²) in [7, 11) is 1.66. The molecule has 1 aromatic rings. The number of ether oxygens (including phenoxy) is 2. The molecule has 2 rings (SSSR count). The molecule has 1 aliphatic carbocycles. The minimum Gasteiger partial charge on any atom is -0.493 e. The summed E-state index contributed by atoms with van der Waals surface area (Å²) >= 11 is 0. The second-order valence-electron chi connectivity index (χ2n) is 5.24. The van der Waals surface area contributed by atoms with E-state index >= 15 is 0 Å². The van der Waals surface area contributed by atoms with Gasteiger partial charge in [-0.25, -0.2) is 0 Å². The van der Waals surface area contributed by atoms with Crippen molar-refractivity contribution in [2.24, 2.45) is 0 Å². The van der Waals surface area contributed by atoms with Crippen molar-refractivity contribution in [3.8, 4) is 11.5 Å². The Kier molecular flexibility index (Phi) is 5.27. The molecule has 4 heteroatoms. The van der Waals surface area contributed by atoms with Gasteiger partial charge in [-0.15, -0.1) is 0 Å². The van der Waals surface area contributed by atoms with E-state index in [0.29, 0.717) is 12.6 Å². The van der Waals surface area contributed by atoms with E-state index in [1.807, 2.05) is 18.2 Å². The lowest BCUT2D eigenvalue weighted by Gasteiger charge is -2.17. The van der Waals surface area contributed by atoms with Gasteiger partial charge in [0.1, 0.15) is 0 Å². The zero-order chi connectivity index (χ0) is 14.4. The third-order valence-electron chi connectivity index (χ3n) is 3.61. The molecule has 1 aliphatic rings. The summed E-state index contributed by atoms with van der Waals surface area (Å²) in [6.07, 6.45) is 5.85. The van der Waals surface area contributed by atoms with Crippen LogP contribution in [0, 0.1) is 0 Å². The van der Waals surface area contributed by atoms with Crippen molar-refractivity contribution in [2.75, 3.05) is 13.7 Å². The third-order valence-corrected chi connectivity index (χ3v) is 3.61. The summed E-state index contributed by atoms with van der Waals surface area (Å²) in [6.45, 7) is 2.17. The third kappa shape index (κ3) is 4.15. The van der Waals surface area contributed by atoms with Crippen molar-refractivity contribution < 1.29 is 14.3 Å². The molecule has 1 saturated carbocycles. The fourth-order valence-electron chi connectivity index (χ4n) is 2.54. The number of hydrogen-bond donors (Lipinski definition) is 1. The Morgan fingerprint density at radius 1 is 1.30 bits per heavy atom. The van der Waals surface area contributed by atoms with Crippen LogP contribution in [-0.4, -0.2) is 25.7 Å². The van der Waals surface area contributed by atoms with E-state index in [1.54, 1.807) is 7.11 Å². The molecule has 20 heavy (non-hydrogen) atoms. The van der Waals surface area contributed by atoms with Gasteiger partial charge in [0.15, 0.2) is 11.5 Å². The van der Waals surface area contributed by atoms with Gasteiger partial charge in [0.05, 0.1) is 13.2 Å². The van der Waals surface area contributed by atoms with Crippen molar-refractivity contribution in [1.29, 1.82) is 0 Å². The highest BCUT2D eigenvalue weighted by atomic mass is 16.5. The second kappa shape index (κ2) is 7.17. The maximum atomic E-state index is 10.9. The highest BCUT2D eigenvalue weighted by molar-refractivity contribution is 5.72. The SMILES string of the molecule is COc1ccc(CCNC(C)=O)cc1OC1CCCC1. The van der Waals surface area contributed by atoms with Gasteiger partial charge in [-0.05, 0) is 49.8 Å². The Morgan fingerprint density at radius 2 is 2.05 bits per heavy atom. The summed E-state index contributed by atoms with van der Waals surface area (Å²) in [4.78, 5) is 10.9. The quantitative estimate of drug-likeness (QED) is 0.869. The zero-order valence-corrected chi connectivity index (χ0v) is 12.3. The molecule has 1 fully saturated rings. The molecule has 0 spiro atoms. The lowest BCUT2D eigenvalue weighted by molar-refractivity contribution is -0.118. The number of amides is 1. The minimum atomic E-state index is 0.000871. The van der Waals surface area contributed by atoms with Gasteiger partial charge >= 0.3 is 0 Å². The van der Waals surface area contributed by atoms with Gasteiger partial charge in [-0.3, -0.25) is 4.79 Å². The Hall–Kier alpha value is -1.71. The molecule has 4 nitrogen and oxygen atoms in total. The molecule has 0 aliphatic heterocycles. The first kappa shape index (κ1) is 14.7. The Bertz CT molecular complexity index is 453. The van der Waals surface area contributed by atoms with Gasteiger partial charge in [0, 0.05) is 13.5 Å². The number of methoxy groups -OCH3 is 1. The summed E-state index contributed by atoms with van der Waals surface area (Å²) in [5.74, 6) is 1.60. The molecule has 1 amide bonds. The van der Waals surface area contributed by atoms with E-state index in [4.69, 9.17) is 9.47 Å². The van der Waals surface area contributed by atoms with Crippen molar-refractivity contribution in [2.45, 2.75) is 45.1 Å². The molecular formula is C16H23NO3. The van der Waals surface area contributed by atoms with Crippen LogP contribution in [0.3, 0.4) is 0 Å². The first-order chi connectivity index (χ1) is 9.69. The Labute approximate surface area is 120 Å². The molecule has 0 unspecified atom stereocenters. The molecule has 1 aromatic carbocycles.